The van der Waals surface area contributed by atoms with Gasteiger partial charge in [0, 0.05) is 38.8 Å². The maximum Gasteiger partial charge on any atom is 0.254 e. The number of benzene rings is 1. The Morgan fingerprint density at radius 2 is 1.79 bits per heavy atom. The molecule has 1 aliphatic heterocycles. The Hall–Kier alpha value is -2.08. The van der Waals surface area contributed by atoms with Gasteiger partial charge in [0.15, 0.2) is 5.96 Å². The van der Waals surface area contributed by atoms with E-state index in [9.17, 15) is 4.79 Å². The highest BCUT2D eigenvalue weighted by Gasteiger charge is 2.26. The highest BCUT2D eigenvalue weighted by atomic mass is 16.5. The summed E-state index contributed by atoms with van der Waals surface area (Å²) < 4.78 is 5.72. The molecule has 0 aliphatic carbocycles. The third-order valence-corrected chi connectivity index (χ3v) is 5.09. The molecular formula is C23H38N4O2. The summed E-state index contributed by atoms with van der Waals surface area (Å²) >= 11 is 0. The molecule has 0 aromatic heterocycles. The standard InChI is InChI=1S/C23H38N4O2/c1-17(2)8-6-7-13-25-23(24-5)26-14-20-9-11-21(12-10-20)22(28)27-15-18(3)29-19(4)16-27/h9-12,17-19H,6-8,13-16H2,1-5H3,(H2,24,25,26). The van der Waals surface area contributed by atoms with Gasteiger partial charge in [-0.25, -0.2) is 0 Å². The van der Waals surface area contributed by atoms with E-state index in [4.69, 9.17) is 4.74 Å². The third-order valence-electron chi connectivity index (χ3n) is 5.09. The lowest BCUT2D eigenvalue weighted by molar-refractivity contribution is -0.0586. The van der Waals surface area contributed by atoms with Crippen LogP contribution in [0.3, 0.4) is 0 Å². The number of rotatable bonds is 8. The zero-order valence-electron chi connectivity index (χ0n) is 18.7. The second kappa shape index (κ2) is 11.8. The summed E-state index contributed by atoms with van der Waals surface area (Å²) in [7, 11) is 1.79. The van der Waals surface area contributed by atoms with Crippen LogP contribution in [0, 0.1) is 5.92 Å². The molecule has 6 heteroatoms. The van der Waals surface area contributed by atoms with Crippen LogP contribution in [-0.4, -0.2) is 55.7 Å². The molecule has 0 saturated carbocycles. The van der Waals surface area contributed by atoms with Gasteiger partial charge in [0.2, 0.25) is 0 Å². The predicted octanol–water partition coefficient (Wildman–Crippen LogP) is 3.43. The third kappa shape index (κ3) is 8.05. The van der Waals surface area contributed by atoms with Crippen molar-refractivity contribution in [1.82, 2.24) is 15.5 Å². The number of morpholine rings is 1. The predicted molar refractivity (Wildman–Crippen MR) is 119 cm³/mol. The van der Waals surface area contributed by atoms with E-state index in [1.54, 1.807) is 7.05 Å². The minimum atomic E-state index is 0.0744. The molecule has 2 unspecified atom stereocenters. The molecule has 2 N–H and O–H groups in total. The number of ether oxygens (including phenoxy) is 1. The van der Waals surface area contributed by atoms with Crippen LogP contribution < -0.4 is 10.6 Å². The molecule has 0 bridgehead atoms. The number of unbranched alkanes of at least 4 members (excludes halogenated alkanes) is 1. The molecule has 1 heterocycles. The van der Waals surface area contributed by atoms with Crippen molar-refractivity contribution in [2.45, 2.75) is 65.7 Å². The van der Waals surface area contributed by atoms with E-state index < -0.39 is 0 Å². The van der Waals surface area contributed by atoms with Crippen LogP contribution in [-0.2, 0) is 11.3 Å². The van der Waals surface area contributed by atoms with Crippen LogP contribution in [0.2, 0.25) is 0 Å². The van der Waals surface area contributed by atoms with Gasteiger partial charge in [0.05, 0.1) is 12.2 Å². The molecule has 0 spiro atoms. The second-order valence-corrected chi connectivity index (χ2v) is 8.41. The first-order chi connectivity index (χ1) is 13.9. The lowest BCUT2D eigenvalue weighted by atomic mass is 10.1. The van der Waals surface area contributed by atoms with Crippen LogP contribution in [0.5, 0.6) is 0 Å². The molecule has 1 saturated heterocycles. The number of hydrogen-bond acceptors (Lipinski definition) is 3. The van der Waals surface area contributed by atoms with Crippen molar-refractivity contribution in [3.63, 3.8) is 0 Å². The fourth-order valence-corrected chi connectivity index (χ4v) is 3.58. The summed E-state index contributed by atoms with van der Waals surface area (Å²) in [6.07, 6.45) is 3.81. The highest BCUT2D eigenvalue weighted by Crippen LogP contribution is 2.15. The smallest absolute Gasteiger partial charge is 0.254 e. The number of aliphatic imine (C=N–C) groups is 1. The summed E-state index contributed by atoms with van der Waals surface area (Å²) in [5.41, 5.74) is 1.84. The molecule has 1 aromatic carbocycles. The van der Waals surface area contributed by atoms with Crippen molar-refractivity contribution in [2.75, 3.05) is 26.7 Å². The average molecular weight is 403 g/mol. The van der Waals surface area contributed by atoms with Crippen molar-refractivity contribution < 1.29 is 9.53 Å². The number of nitrogens with zero attached hydrogens (tertiary/aromatic N) is 2. The van der Waals surface area contributed by atoms with Crippen LogP contribution in [0.1, 0.15) is 62.9 Å². The molecule has 1 amide bonds. The maximum absolute atomic E-state index is 12.8. The summed E-state index contributed by atoms with van der Waals surface area (Å²) in [6.45, 7) is 11.4. The lowest BCUT2D eigenvalue weighted by Gasteiger charge is -2.35. The molecule has 162 valence electrons. The molecule has 1 aliphatic rings. The topological polar surface area (TPSA) is 66.0 Å². The summed E-state index contributed by atoms with van der Waals surface area (Å²) in [5.74, 6) is 1.65. The molecule has 29 heavy (non-hydrogen) atoms. The number of guanidine groups is 1. The Bertz CT molecular complexity index is 647. The van der Waals surface area contributed by atoms with Crippen LogP contribution in [0.15, 0.2) is 29.3 Å². The first-order valence-corrected chi connectivity index (χ1v) is 10.9. The molecule has 0 radical (unpaired) electrons. The van der Waals surface area contributed by atoms with Gasteiger partial charge >= 0.3 is 0 Å². The Morgan fingerprint density at radius 1 is 1.14 bits per heavy atom. The summed E-state index contributed by atoms with van der Waals surface area (Å²) in [6, 6.07) is 7.82. The average Bonchev–Trinajstić information content (AvgIpc) is 2.69. The highest BCUT2D eigenvalue weighted by molar-refractivity contribution is 5.94. The number of amides is 1. The van der Waals surface area contributed by atoms with Crippen LogP contribution in [0.4, 0.5) is 0 Å². The monoisotopic (exact) mass is 402 g/mol. The first kappa shape index (κ1) is 23.2. The zero-order chi connectivity index (χ0) is 21.2. The van der Waals surface area contributed by atoms with E-state index in [0.717, 1.165) is 36.0 Å². The van der Waals surface area contributed by atoms with Gasteiger partial charge in [-0.2, -0.15) is 0 Å². The SMILES string of the molecule is CN=C(NCCCCC(C)C)NCc1ccc(C(=O)N2CC(C)OC(C)C2)cc1. The van der Waals surface area contributed by atoms with Crippen molar-refractivity contribution in [2.24, 2.45) is 10.9 Å². The van der Waals surface area contributed by atoms with E-state index in [1.807, 2.05) is 43.0 Å². The van der Waals surface area contributed by atoms with Crippen LogP contribution >= 0.6 is 0 Å². The molecule has 2 atom stereocenters. The minimum Gasteiger partial charge on any atom is -0.372 e. The van der Waals surface area contributed by atoms with Crippen molar-refractivity contribution in [1.29, 1.82) is 0 Å². The van der Waals surface area contributed by atoms with Crippen molar-refractivity contribution in [3.05, 3.63) is 35.4 Å². The summed E-state index contributed by atoms with van der Waals surface area (Å²) in [4.78, 5) is 18.9. The van der Waals surface area contributed by atoms with Crippen LogP contribution in [0.25, 0.3) is 0 Å². The molecule has 6 nitrogen and oxygen atoms in total. The van der Waals surface area contributed by atoms with Gasteiger partial charge < -0.3 is 20.3 Å². The van der Waals surface area contributed by atoms with Crippen molar-refractivity contribution in [3.8, 4) is 0 Å². The van der Waals surface area contributed by atoms with E-state index in [-0.39, 0.29) is 18.1 Å². The summed E-state index contributed by atoms with van der Waals surface area (Å²) in [5, 5.41) is 6.70. The number of nitrogens with one attached hydrogen (secondary N) is 2. The fraction of sp³-hybridized carbons (Fsp3) is 0.652. The van der Waals surface area contributed by atoms with E-state index in [1.165, 1.54) is 12.8 Å². The quantitative estimate of drug-likeness (QED) is 0.397. The number of hydrogen-bond donors (Lipinski definition) is 2. The van der Waals surface area contributed by atoms with Gasteiger partial charge in [-0.1, -0.05) is 38.8 Å². The number of carbonyl (C=O) groups is 1. The maximum atomic E-state index is 12.8. The molecule has 1 aromatic rings. The number of carbonyl (C=O) groups excluding carboxylic acids is 1. The largest absolute Gasteiger partial charge is 0.372 e. The van der Waals surface area contributed by atoms with Gasteiger partial charge in [-0.05, 0) is 43.9 Å². The fourth-order valence-electron chi connectivity index (χ4n) is 3.58. The second-order valence-electron chi connectivity index (χ2n) is 8.41. The Kier molecular flexibility index (Phi) is 9.45. The van der Waals surface area contributed by atoms with E-state index in [2.05, 4.69) is 29.5 Å². The molecular weight excluding hydrogens is 364 g/mol. The van der Waals surface area contributed by atoms with Crippen molar-refractivity contribution >= 4 is 11.9 Å². The van der Waals surface area contributed by atoms with Gasteiger partial charge in [-0.15, -0.1) is 0 Å². The van der Waals surface area contributed by atoms with Gasteiger partial charge in [0.1, 0.15) is 0 Å². The Labute approximate surface area is 176 Å². The Morgan fingerprint density at radius 3 is 2.38 bits per heavy atom. The first-order valence-electron chi connectivity index (χ1n) is 10.9. The molecule has 2 rings (SSSR count). The van der Waals surface area contributed by atoms with Gasteiger partial charge in [0.25, 0.3) is 5.91 Å². The minimum absolute atomic E-state index is 0.0744. The zero-order valence-corrected chi connectivity index (χ0v) is 18.7. The van der Waals surface area contributed by atoms with E-state index in [0.29, 0.717) is 19.6 Å². The normalized spacial score (nSPS) is 20.1. The molecule has 1 fully saturated rings. The van der Waals surface area contributed by atoms with E-state index >= 15 is 0 Å². The van der Waals surface area contributed by atoms with Gasteiger partial charge in [-0.3, -0.25) is 9.79 Å². The lowest BCUT2D eigenvalue weighted by Crippen LogP contribution is -2.48. The Balaban J connectivity index is 1.78.